The lowest BCUT2D eigenvalue weighted by Gasteiger charge is -2.26. The van der Waals surface area contributed by atoms with E-state index in [4.69, 9.17) is 33.0 Å². The second kappa shape index (κ2) is 7.74. The summed E-state index contributed by atoms with van der Waals surface area (Å²) in [7, 11) is 0. The zero-order valence-corrected chi connectivity index (χ0v) is 15.2. The van der Waals surface area contributed by atoms with Crippen molar-refractivity contribution in [2.45, 2.75) is 19.6 Å². The molecule has 0 amide bonds. The molecule has 1 aromatic carbocycles. The van der Waals surface area contributed by atoms with E-state index in [1.54, 1.807) is 16.8 Å². The van der Waals surface area contributed by atoms with Crippen LogP contribution in [-0.2, 0) is 11.3 Å². The number of rotatable bonds is 4. The Balaban J connectivity index is 1.88. The number of benzene rings is 1. The van der Waals surface area contributed by atoms with Crippen LogP contribution < -0.4 is 5.32 Å². The first kappa shape index (κ1) is 18.2. The fourth-order valence-electron chi connectivity index (χ4n) is 3.03. The second-order valence-corrected chi connectivity index (χ2v) is 6.90. The Morgan fingerprint density at radius 3 is 2.88 bits per heavy atom. The van der Waals surface area contributed by atoms with Gasteiger partial charge in [0.05, 0.1) is 22.8 Å². The van der Waals surface area contributed by atoms with Gasteiger partial charge in [0.25, 0.3) is 0 Å². The van der Waals surface area contributed by atoms with Crippen LogP contribution in [0.1, 0.15) is 27.8 Å². The van der Waals surface area contributed by atoms with Gasteiger partial charge >= 0.3 is 5.97 Å². The van der Waals surface area contributed by atoms with Gasteiger partial charge in [-0.25, -0.2) is 4.79 Å². The maximum atomic E-state index is 11.1. The second-order valence-electron chi connectivity index (χ2n) is 6.09. The quantitative estimate of drug-likeness (QED) is 0.847. The molecule has 8 heteroatoms. The normalized spacial score (nSPS) is 21.1. The summed E-state index contributed by atoms with van der Waals surface area (Å²) in [6.45, 7) is 4.45. The van der Waals surface area contributed by atoms with Crippen molar-refractivity contribution >= 4 is 29.2 Å². The minimum Gasteiger partial charge on any atom is -0.476 e. The molecule has 3 rings (SSSR count). The molecule has 2 heterocycles. The van der Waals surface area contributed by atoms with Gasteiger partial charge in [0.15, 0.2) is 5.69 Å². The largest absolute Gasteiger partial charge is 0.476 e. The van der Waals surface area contributed by atoms with Crippen molar-refractivity contribution in [3.63, 3.8) is 0 Å². The number of nitrogens with zero attached hydrogens (tertiary/aromatic N) is 2. The minimum atomic E-state index is -1.03. The fraction of sp³-hybridized carbons (Fsp3) is 0.412. The number of aromatic carboxylic acids is 1. The van der Waals surface area contributed by atoms with Crippen molar-refractivity contribution in [1.29, 1.82) is 0 Å². The number of carboxylic acid groups (broad SMARTS) is 1. The van der Waals surface area contributed by atoms with Gasteiger partial charge in [-0.05, 0) is 30.7 Å². The van der Waals surface area contributed by atoms with Gasteiger partial charge in [0.1, 0.15) is 0 Å². The Morgan fingerprint density at radius 2 is 2.20 bits per heavy atom. The minimum absolute atomic E-state index is 0.0473. The molecular formula is C17H19Cl2N3O3. The van der Waals surface area contributed by atoms with Crippen LogP contribution in [0, 0.1) is 12.8 Å². The first-order valence-electron chi connectivity index (χ1n) is 8.00. The predicted octanol–water partition coefficient (Wildman–Crippen LogP) is 3.17. The Bertz CT molecular complexity index is 778. The summed E-state index contributed by atoms with van der Waals surface area (Å²) in [4.78, 5) is 11.1. The summed E-state index contributed by atoms with van der Waals surface area (Å²) >= 11 is 12.2. The number of hydrogen-bond donors (Lipinski definition) is 2. The molecule has 6 nitrogen and oxygen atoms in total. The van der Waals surface area contributed by atoms with E-state index in [2.05, 4.69) is 10.4 Å². The van der Waals surface area contributed by atoms with Crippen molar-refractivity contribution in [3.05, 3.63) is 51.3 Å². The molecule has 0 radical (unpaired) electrons. The first-order valence-corrected chi connectivity index (χ1v) is 8.76. The van der Waals surface area contributed by atoms with E-state index in [1.165, 1.54) is 0 Å². The highest BCUT2D eigenvalue weighted by Gasteiger charge is 2.28. The first-order chi connectivity index (χ1) is 12.0. The van der Waals surface area contributed by atoms with Crippen LogP contribution in [0.2, 0.25) is 10.0 Å². The summed E-state index contributed by atoms with van der Waals surface area (Å²) in [5.74, 6) is -0.960. The Hall–Kier alpha value is -1.60. The summed E-state index contributed by atoms with van der Waals surface area (Å²) in [5.41, 5.74) is 1.80. The van der Waals surface area contributed by atoms with Gasteiger partial charge in [-0.15, -0.1) is 0 Å². The highest BCUT2D eigenvalue weighted by Crippen LogP contribution is 2.33. The van der Waals surface area contributed by atoms with Crippen molar-refractivity contribution in [1.82, 2.24) is 15.1 Å². The lowest BCUT2D eigenvalue weighted by Crippen LogP contribution is -2.29. The number of hydrogen-bond acceptors (Lipinski definition) is 4. The zero-order valence-electron chi connectivity index (χ0n) is 13.7. The average molecular weight is 384 g/mol. The summed E-state index contributed by atoms with van der Waals surface area (Å²) in [5, 5.41) is 17.6. The molecule has 2 aromatic rings. The van der Waals surface area contributed by atoms with Gasteiger partial charge in [0, 0.05) is 31.2 Å². The standard InChI is InChI=1S/C17H19Cl2N3O3/c1-10-6-15(17(23)24)21-22(10)9-12-8-20-4-5-25-16(12)11-2-3-13(18)14(19)7-11/h2-3,6-7,12,16,20H,4-5,8-9H2,1H3,(H,23,24)/t12-,16-/m0/s1. The van der Waals surface area contributed by atoms with Crippen LogP contribution in [0.15, 0.2) is 24.3 Å². The molecule has 0 spiro atoms. The third-order valence-electron chi connectivity index (χ3n) is 4.29. The van der Waals surface area contributed by atoms with Crippen molar-refractivity contribution in [3.8, 4) is 0 Å². The zero-order chi connectivity index (χ0) is 18.0. The van der Waals surface area contributed by atoms with Crippen molar-refractivity contribution in [2.24, 2.45) is 5.92 Å². The molecule has 0 bridgehead atoms. The summed E-state index contributed by atoms with van der Waals surface area (Å²) in [6.07, 6.45) is -0.179. The van der Waals surface area contributed by atoms with Crippen molar-refractivity contribution in [2.75, 3.05) is 19.7 Å². The van der Waals surface area contributed by atoms with Crippen LogP contribution in [0.25, 0.3) is 0 Å². The lowest BCUT2D eigenvalue weighted by atomic mass is 9.95. The van der Waals surface area contributed by atoms with E-state index in [0.29, 0.717) is 23.2 Å². The molecule has 1 saturated heterocycles. The van der Waals surface area contributed by atoms with E-state index in [1.807, 2.05) is 19.1 Å². The van der Waals surface area contributed by atoms with Crippen LogP contribution in [0.5, 0.6) is 0 Å². The van der Waals surface area contributed by atoms with Crippen LogP contribution >= 0.6 is 23.2 Å². The van der Waals surface area contributed by atoms with Crippen LogP contribution in [0.4, 0.5) is 0 Å². The number of halogens is 2. The van der Waals surface area contributed by atoms with Crippen LogP contribution in [0.3, 0.4) is 0 Å². The lowest BCUT2D eigenvalue weighted by molar-refractivity contribution is 0.0240. The van der Waals surface area contributed by atoms with E-state index in [0.717, 1.165) is 24.3 Å². The molecule has 134 valence electrons. The number of carboxylic acids is 1. The number of aryl methyl sites for hydroxylation is 1. The molecule has 1 aromatic heterocycles. The number of aromatic nitrogens is 2. The smallest absolute Gasteiger partial charge is 0.356 e. The number of nitrogens with one attached hydrogen (secondary N) is 1. The molecule has 25 heavy (non-hydrogen) atoms. The third-order valence-corrected chi connectivity index (χ3v) is 5.03. The molecule has 2 atom stereocenters. The summed E-state index contributed by atoms with van der Waals surface area (Å²) < 4.78 is 7.76. The average Bonchev–Trinajstić information content (AvgIpc) is 2.79. The highest BCUT2D eigenvalue weighted by atomic mass is 35.5. The molecule has 2 N–H and O–H groups in total. The molecular weight excluding hydrogens is 365 g/mol. The summed E-state index contributed by atoms with van der Waals surface area (Å²) in [6, 6.07) is 7.07. The molecule has 1 fully saturated rings. The van der Waals surface area contributed by atoms with E-state index < -0.39 is 5.97 Å². The predicted molar refractivity (Wildman–Crippen MR) is 95.4 cm³/mol. The van der Waals surface area contributed by atoms with Gasteiger partial charge in [-0.2, -0.15) is 5.10 Å². The van der Waals surface area contributed by atoms with Gasteiger partial charge in [-0.1, -0.05) is 29.3 Å². The van der Waals surface area contributed by atoms with Crippen LogP contribution in [-0.4, -0.2) is 40.6 Å². The molecule has 0 unspecified atom stereocenters. The molecule has 1 aliphatic rings. The molecule has 0 aliphatic carbocycles. The third kappa shape index (κ3) is 4.15. The van der Waals surface area contributed by atoms with E-state index in [9.17, 15) is 4.79 Å². The molecule has 1 aliphatic heterocycles. The van der Waals surface area contributed by atoms with E-state index >= 15 is 0 Å². The Labute approximate surface area is 155 Å². The highest BCUT2D eigenvalue weighted by molar-refractivity contribution is 6.42. The van der Waals surface area contributed by atoms with Gasteiger partial charge in [0.2, 0.25) is 0 Å². The maximum Gasteiger partial charge on any atom is 0.356 e. The van der Waals surface area contributed by atoms with Gasteiger partial charge in [-0.3, -0.25) is 4.68 Å². The van der Waals surface area contributed by atoms with Crippen molar-refractivity contribution < 1.29 is 14.6 Å². The number of ether oxygens (including phenoxy) is 1. The maximum absolute atomic E-state index is 11.1. The van der Waals surface area contributed by atoms with E-state index in [-0.39, 0.29) is 17.7 Å². The fourth-order valence-corrected chi connectivity index (χ4v) is 3.33. The molecule has 0 saturated carbocycles. The Kier molecular flexibility index (Phi) is 5.64. The van der Waals surface area contributed by atoms with Gasteiger partial charge < -0.3 is 15.2 Å². The Morgan fingerprint density at radius 1 is 1.40 bits per heavy atom. The monoisotopic (exact) mass is 383 g/mol. The number of carbonyl (C=O) groups is 1. The topological polar surface area (TPSA) is 76.4 Å². The SMILES string of the molecule is Cc1cc(C(=O)O)nn1C[C@@H]1CNCCO[C@H]1c1ccc(Cl)c(Cl)c1.